The molecule has 3 nitrogen and oxygen atoms in total. The zero-order chi connectivity index (χ0) is 13.0. The molecule has 0 aromatic rings. The number of rotatable bonds is 4. The Kier molecular flexibility index (Phi) is 4.66. The minimum absolute atomic E-state index is 0.133. The Balaban J connectivity index is 1.80. The second-order valence-electron chi connectivity index (χ2n) is 6.46. The fraction of sp³-hybridized carbons (Fsp3) is 0.933. The van der Waals surface area contributed by atoms with E-state index in [-0.39, 0.29) is 17.9 Å². The van der Waals surface area contributed by atoms with E-state index in [0.717, 1.165) is 32.2 Å². The summed E-state index contributed by atoms with van der Waals surface area (Å²) in [4.78, 5) is 12.3. The van der Waals surface area contributed by atoms with E-state index in [4.69, 9.17) is 0 Å². The van der Waals surface area contributed by atoms with Gasteiger partial charge in [0.05, 0.1) is 0 Å². The van der Waals surface area contributed by atoms with E-state index in [0.29, 0.717) is 11.8 Å². The summed E-state index contributed by atoms with van der Waals surface area (Å²) in [6.45, 7) is 3.15. The molecule has 3 heteroatoms. The summed E-state index contributed by atoms with van der Waals surface area (Å²) in [5, 5.41) is 12.4. The van der Waals surface area contributed by atoms with Crippen LogP contribution in [0.5, 0.6) is 0 Å². The predicted molar refractivity (Wildman–Crippen MR) is 72.1 cm³/mol. The fourth-order valence-electron chi connectivity index (χ4n) is 3.62. The number of hydrogen-bond acceptors (Lipinski definition) is 2. The maximum absolute atomic E-state index is 12.3. The van der Waals surface area contributed by atoms with Crippen molar-refractivity contribution in [1.82, 2.24) is 5.32 Å². The van der Waals surface area contributed by atoms with E-state index in [9.17, 15) is 9.90 Å². The van der Waals surface area contributed by atoms with Gasteiger partial charge < -0.3 is 10.4 Å². The summed E-state index contributed by atoms with van der Waals surface area (Å²) in [5.41, 5.74) is -0.133. The van der Waals surface area contributed by atoms with Crippen molar-refractivity contribution in [2.24, 2.45) is 17.3 Å². The minimum atomic E-state index is -0.133. The van der Waals surface area contributed by atoms with Crippen LogP contribution in [0.25, 0.3) is 0 Å². The largest absolute Gasteiger partial charge is 0.396 e. The number of aliphatic hydroxyl groups excluding tert-OH is 1. The Labute approximate surface area is 110 Å². The molecular formula is C15H27NO2. The molecule has 0 spiro atoms. The van der Waals surface area contributed by atoms with Crippen LogP contribution >= 0.6 is 0 Å². The van der Waals surface area contributed by atoms with E-state index in [1.54, 1.807) is 0 Å². The first-order valence-corrected chi connectivity index (χ1v) is 7.55. The van der Waals surface area contributed by atoms with Crippen LogP contribution in [0.2, 0.25) is 0 Å². The summed E-state index contributed by atoms with van der Waals surface area (Å²) in [5.74, 6) is 1.14. The van der Waals surface area contributed by atoms with E-state index in [2.05, 4.69) is 12.2 Å². The van der Waals surface area contributed by atoms with Crippen LogP contribution < -0.4 is 5.32 Å². The molecular weight excluding hydrogens is 226 g/mol. The molecule has 0 heterocycles. The Morgan fingerprint density at radius 2 is 1.83 bits per heavy atom. The molecule has 2 saturated carbocycles. The van der Waals surface area contributed by atoms with Crippen LogP contribution in [0.1, 0.15) is 58.3 Å². The lowest BCUT2D eigenvalue weighted by Gasteiger charge is -2.32. The van der Waals surface area contributed by atoms with Gasteiger partial charge in [0.25, 0.3) is 0 Å². The molecule has 0 aromatic heterocycles. The Morgan fingerprint density at radius 1 is 1.17 bits per heavy atom. The monoisotopic (exact) mass is 253 g/mol. The first-order chi connectivity index (χ1) is 8.65. The molecule has 2 aliphatic carbocycles. The molecule has 0 saturated heterocycles. The molecule has 18 heavy (non-hydrogen) atoms. The standard InChI is InChI=1S/C15H27NO2/c1-15(8-3-2-4-9-15)14(18)16-10-12-6-5-7-13(12)11-17/h12-13,17H,2-11H2,1H3,(H,16,18). The van der Waals surface area contributed by atoms with Gasteiger partial charge in [-0.3, -0.25) is 4.79 Å². The van der Waals surface area contributed by atoms with Gasteiger partial charge in [0.15, 0.2) is 0 Å². The van der Waals surface area contributed by atoms with Gasteiger partial charge in [-0.2, -0.15) is 0 Å². The smallest absolute Gasteiger partial charge is 0.225 e. The average Bonchev–Trinajstić information content (AvgIpc) is 2.84. The summed E-state index contributed by atoms with van der Waals surface area (Å²) >= 11 is 0. The molecule has 2 aliphatic rings. The number of amides is 1. The van der Waals surface area contributed by atoms with Crippen LogP contribution in [0.4, 0.5) is 0 Å². The van der Waals surface area contributed by atoms with Crippen molar-refractivity contribution in [3.05, 3.63) is 0 Å². The van der Waals surface area contributed by atoms with E-state index < -0.39 is 0 Å². The lowest BCUT2D eigenvalue weighted by molar-refractivity contribution is -0.132. The predicted octanol–water partition coefficient (Wildman–Crippen LogP) is 2.48. The van der Waals surface area contributed by atoms with Gasteiger partial charge in [0, 0.05) is 18.6 Å². The molecule has 1 amide bonds. The third kappa shape index (κ3) is 3.05. The van der Waals surface area contributed by atoms with Crippen molar-refractivity contribution in [3.8, 4) is 0 Å². The summed E-state index contributed by atoms with van der Waals surface area (Å²) in [7, 11) is 0. The fourth-order valence-corrected chi connectivity index (χ4v) is 3.62. The maximum Gasteiger partial charge on any atom is 0.225 e. The highest BCUT2D eigenvalue weighted by Crippen LogP contribution is 2.36. The van der Waals surface area contributed by atoms with Crippen molar-refractivity contribution in [3.63, 3.8) is 0 Å². The second-order valence-corrected chi connectivity index (χ2v) is 6.46. The van der Waals surface area contributed by atoms with Crippen LogP contribution in [0, 0.1) is 17.3 Å². The van der Waals surface area contributed by atoms with Gasteiger partial charge in [0.2, 0.25) is 5.91 Å². The highest BCUT2D eigenvalue weighted by Gasteiger charge is 2.35. The number of carbonyl (C=O) groups excluding carboxylic acids is 1. The minimum Gasteiger partial charge on any atom is -0.396 e. The van der Waals surface area contributed by atoms with Gasteiger partial charge in [-0.25, -0.2) is 0 Å². The van der Waals surface area contributed by atoms with Gasteiger partial charge in [-0.05, 0) is 37.5 Å². The number of aliphatic hydroxyl groups is 1. The van der Waals surface area contributed by atoms with Crippen LogP contribution in [0.15, 0.2) is 0 Å². The first-order valence-electron chi connectivity index (χ1n) is 7.55. The molecule has 0 aliphatic heterocycles. The summed E-state index contributed by atoms with van der Waals surface area (Å²) < 4.78 is 0. The molecule has 104 valence electrons. The SMILES string of the molecule is CC1(C(=O)NCC2CCCC2CO)CCCCC1. The Bertz CT molecular complexity index is 284. The molecule has 2 unspecified atom stereocenters. The van der Waals surface area contributed by atoms with Crippen LogP contribution in [-0.2, 0) is 4.79 Å². The van der Waals surface area contributed by atoms with Crippen LogP contribution in [-0.4, -0.2) is 24.2 Å². The van der Waals surface area contributed by atoms with Crippen molar-refractivity contribution in [1.29, 1.82) is 0 Å². The third-order valence-electron chi connectivity index (χ3n) is 5.08. The summed E-state index contributed by atoms with van der Waals surface area (Å²) in [6.07, 6.45) is 9.19. The summed E-state index contributed by atoms with van der Waals surface area (Å²) in [6, 6.07) is 0. The zero-order valence-corrected chi connectivity index (χ0v) is 11.6. The molecule has 2 atom stereocenters. The third-order valence-corrected chi connectivity index (χ3v) is 5.08. The van der Waals surface area contributed by atoms with Crippen LogP contribution in [0.3, 0.4) is 0 Å². The van der Waals surface area contributed by atoms with Gasteiger partial charge in [0.1, 0.15) is 0 Å². The van der Waals surface area contributed by atoms with E-state index >= 15 is 0 Å². The number of carbonyl (C=O) groups is 1. The second kappa shape index (κ2) is 6.05. The lowest BCUT2D eigenvalue weighted by Crippen LogP contribution is -2.42. The first kappa shape index (κ1) is 13.9. The number of nitrogens with one attached hydrogen (secondary N) is 1. The van der Waals surface area contributed by atoms with Gasteiger partial charge >= 0.3 is 0 Å². The highest BCUT2D eigenvalue weighted by atomic mass is 16.3. The zero-order valence-electron chi connectivity index (χ0n) is 11.6. The van der Waals surface area contributed by atoms with E-state index in [1.807, 2.05) is 0 Å². The lowest BCUT2D eigenvalue weighted by atomic mass is 9.75. The quantitative estimate of drug-likeness (QED) is 0.808. The number of hydrogen-bond donors (Lipinski definition) is 2. The maximum atomic E-state index is 12.3. The highest BCUT2D eigenvalue weighted by molar-refractivity contribution is 5.82. The topological polar surface area (TPSA) is 49.3 Å². The molecule has 2 N–H and O–H groups in total. The molecule has 0 aromatic carbocycles. The van der Waals surface area contributed by atoms with Crippen molar-refractivity contribution >= 4 is 5.91 Å². The molecule has 0 radical (unpaired) electrons. The van der Waals surface area contributed by atoms with Crippen molar-refractivity contribution < 1.29 is 9.90 Å². The van der Waals surface area contributed by atoms with E-state index in [1.165, 1.54) is 25.7 Å². The van der Waals surface area contributed by atoms with Gasteiger partial charge in [-0.15, -0.1) is 0 Å². The average molecular weight is 253 g/mol. The van der Waals surface area contributed by atoms with Gasteiger partial charge in [-0.1, -0.05) is 32.6 Å². The van der Waals surface area contributed by atoms with Crippen molar-refractivity contribution in [2.45, 2.75) is 58.3 Å². The van der Waals surface area contributed by atoms with Crippen molar-refractivity contribution in [2.75, 3.05) is 13.2 Å². The normalized spacial score (nSPS) is 31.2. The molecule has 2 fully saturated rings. The Morgan fingerprint density at radius 3 is 2.50 bits per heavy atom. The molecule has 0 bridgehead atoms. The Hall–Kier alpha value is -0.570. The molecule has 2 rings (SSSR count).